The van der Waals surface area contributed by atoms with Gasteiger partial charge in [-0.25, -0.2) is 8.42 Å². The molecule has 0 saturated carbocycles. The minimum absolute atomic E-state index is 0.121. The van der Waals surface area contributed by atoms with E-state index in [2.05, 4.69) is 5.32 Å². The van der Waals surface area contributed by atoms with Crippen LogP contribution in [0.1, 0.15) is 38.7 Å². The number of carbonyl (C=O) groups excluding carboxylic acids is 2. The Bertz CT molecular complexity index is 1280. The fraction of sp³-hybridized carbons (Fsp3) is 0.357. The van der Waals surface area contributed by atoms with E-state index in [1.54, 1.807) is 18.2 Å². The molecule has 3 rings (SSSR count). The molecule has 1 atom stereocenters. The molecule has 0 aliphatic rings. The van der Waals surface area contributed by atoms with E-state index >= 15 is 0 Å². The lowest BCUT2D eigenvalue weighted by Gasteiger charge is -2.32. The molecule has 36 heavy (non-hydrogen) atoms. The molecule has 0 fully saturated rings. The van der Waals surface area contributed by atoms with Crippen molar-refractivity contribution in [2.24, 2.45) is 0 Å². The molecule has 2 amide bonds. The molecule has 0 aliphatic carbocycles. The highest BCUT2D eigenvalue weighted by Gasteiger charge is 2.31. The lowest BCUT2D eigenvalue weighted by Crippen LogP contribution is -2.51. The van der Waals surface area contributed by atoms with E-state index in [0.29, 0.717) is 13.0 Å². The van der Waals surface area contributed by atoms with Crippen LogP contribution in [-0.4, -0.2) is 55.6 Å². The maximum atomic E-state index is 13.5. The Labute approximate surface area is 214 Å². The second-order valence-corrected chi connectivity index (χ2v) is 10.9. The van der Waals surface area contributed by atoms with Crippen molar-refractivity contribution in [3.8, 4) is 0 Å². The van der Waals surface area contributed by atoms with Gasteiger partial charge in [-0.15, -0.1) is 0 Å². The van der Waals surface area contributed by atoms with Crippen LogP contribution in [-0.2, 0) is 26.2 Å². The first-order chi connectivity index (χ1) is 17.3. The zero-order valence-corrected chi connectivity index (χ0v) is 22.0. The van der Waals surface area contributed by atoms with Crippen LogP contribution in [0, 0.1) is 0 Å². The Balaban J connectivity index is 1.84. The summed E-state index contributed by atoms with van der Waals surface area (Å²) in [6.07, 6.45) is 2.21. The first kappa shape index (κ1) is 27.4. The van der Waals surface area contributed by atoms with Gasteiger partial charge in [0.2, 0.25) is 21.8 Å². The normalized spacial score (nSPS) is 12.4. The van der Waals surface area contributed by atoms with Crippen LogP contribution in [0.15, 0.2) is 77.7 Å². The molecule has 3 aromatic carbocycles. The van der Waals surface area contributed by atoms with Gasteiger partial charge in [-0.2, -0.15) is 4.31 Å². The SMILES string of the molecule is CCCCNC(=O)[C@H](CC)N(Cc1ccccc1)C(=O)CN(C)S(=O)(=O)c1ccc2ccccc2c1. The van der Waals surface area contributed by atoms with E-state index in [1.165, 1.54) is 11.9 Å². The predicted molar refractivity (Wildman–Crippen MR) is 143 cm³/mol. The van der Waals surface area contributed by atoms with Crippen LogP contribution in [0.3, 0.4) is 0 Å². The number of hydrogen-bond acceptors (Lipinski definition) is 4. The largest absolute Gasteiger partial charge is 0.354 e. The number of nitrogens with one attached hydrogen (secondary N) is 1. The van der Waals surface area contributed by atoms with Crippen molar-refractivity contribution in [2.45, 2.75) is 50.6 Å². The number of fused-ring (bicyclic) bond motifs is 1. The summed E-state index contributed by atoms with van der Waals surface area (Å²) in [6.45, 7) is 4.27. The molecular weight excluding hydrogens is 474 g/mol. The maximum Gasteiger partial charge on any atom is 0.243 e. The number of carbonyl (C=O) groups is 2. The van der Waals surface area contributed by atoms with Gasteiger partial charge in [-0.1, -0.05) is 80.9 Å². The van der Waals surface area contributed by atoms with Crippen molar-refractivity contribution in [3.05, 3.63) is 78.4 Å². The smallest absolute Gasteiger partial charge is 0.243 e. The molecule has 3 aromatic rings. The van der Waals surface area contributed by atoms with E-state index in [9.17, 15) is 18.0 Å². The van der Waals surface area contributed by atoms with Gasteiger partial charge in [0.15, 0.2) is 0 Å². The van der Waals surface area contributed by atoms with Crippen molar-refractivity contribution in [1.29, 1.82) is 0 Å². The third kappa shape index (κ3) is 6.71. The van der Waals surface area contributed by atoms with Crippen LogP contribution in [0.4, 0.5) is 0 Å². The summed E-state index contributed by atoms with van der Waals surface area (Å²) < 4.78 is 27.7. The zero-order valence-electron chi connectivity index (χ0n) is 21.2. The lowest BCUT2D eigenvalue weighted by atomic mass is 10.1. The monoisotopic (exact) mass is 509 g/mol. The number of benzene rings is 3. The van der Waals surface area contributed by atoms with E-state index in [4.69, 9.17) is 0 Å². The minimum atomic E-state index is -3.92. The number of hydrogen-bond donors (Lipinski definition) is 1. The first-order valence-corrected chi connectivity index (χ1v) is 13.8. The Hall–Kier alpha value is -3.23. The summed E-state index contributed by atoms with van der Waals surface area (Å²) in [5.74, 6) is -0.654. The highest BCUT2D eigenvalue weighted by atomic mass is 32.2. The number of amides is 2. The molecule has 0 spiro atoms. The Morgan fingerprint density at radius 1 is 0.917 bits per heavy atom. The number of rotatable bonds is 12. The molecule has 0 bridgehead atoms. The Morgan fingerprint density at radius 3 is 2.25 bits per heavy atom. The summed E-state index contributed by atoms with van der Waals surface area (Å²) in [5, 5.41) is 4.66. The van der Waals surface area contributed by atoms with Crippen LogP contribution in [0.25, 0.3) is 10.8 Å². The zero-order chi connectivity index (χ0) is 26.1. The van der Waals surface area contributed by atoms with Gasteiger partial charge >= 0.3 is 0 Å². The van der Waals surface area contributed by atoms with Gasteiger partial charge < -0.3 is 10.2 Å². The Kier molecular flexibility index (Phi) is 9.61. The first-order valence-electron chi connectivity index (χ1n) is 12.3. The standard InChI is InChI=1S/C28H35N3O4S/c1-4-6-18-29-28(33)26(5-2)31(20-22-12-8-7-9-13-22)27(32)21-30(3)36(34,35)25-17-16-23-14-10-11-15-24(23)19-25/h7-17,19,26H,4-6,18,20-21H2,1-3H3,(H,29,33)/t26-/m0/s1. The summed E-state index contributed by atoms with van der Waals surface area (Å²) in [7, 11) is -2.52. The summed E-state index contributed by atoms with van der Waals surface area (Å²) in [5.41, 5.74) is 0.866. The van der Waals surface area contributed by atoms with Crippen molar-refractivity contribution in [2.75, 3.05) is 20.1 Å². The third-order valence-electron chi connectivity index (χ3n) is 6.20. The van der Waals surface area contributed by atoms with Gasteiger partial charge in [0.1, 0.15) is 6.04 Å². The fourth-order valence-corrected chi connectivity index (χ4v) is 5.24. The van der Waals surface area contributed by atoms with Crippen LogP contribution >= 0.6 is 0 Å². The molecule has 0 unspecified atom stereocenters. The summed E-state index contributed by atoms with van der Waals surface area (Å²) in [6, 6.07) is 21.1. The fourth-order valence-electron chi connectivity index (χ4n) is 4.08. The lowest BCUT2D eigenvalue weighted by molar-refractivity contribution is -0.141. The number of unbranched alkanes of at least 4 members (excludes halogenated alkanes) is 1. The average molecular weight is 510 g/mol. The van der Waals surface area contributed by atoms with Gasteiger partial charge in [0.05, 0.1) is 11.4 Å². The Morgan fingerprint density at radius 2 is 1.58 bits per heavy atom. The van der Waals surface area contributed by atoms with Crippen LogP contribution in [0.2, 0.25) is 0 Å². The molecular formula is C28H35N3O4S. The van der Waals surface area contributed by atoms with E-state index in [1.807, 2.05) is 68.4 Å². The topological polar surface area (TPSA) is 86.8 Å². The minimum Gasteiger partial charge on any atom is -0.354 e. The predicted octanol–water partition coefficient (Wildman–Crippen LogP) is 4.18. The van der Waals surface area contributed by atoms with Crippen molar-refractivity contribution in [1.82, 2.24) is 14.5 Å². The highest BCUT2D eigenvalue weighted by Crippen LogP contribution is 2.22. The van der Waals surface area contributed by atoms with Crippen molar-refractivity contribution in [3.63, 3.8) is 0 Å². The average Bonchev–Trinajstić information content (AvgIpc) is 2.88. The molecule has 192 valence electrons. The second kappa shape index (κ2) is 12.6. The quantitative estimate of drug-likeness (QED) is 0.371. The van der Waals surface area contributed by atoms with Gasteiger partial charge in [-0.3, -0.25) is 9.59 Å². The third-order valence-corrected chi connectivity index (χ3v) is 8.00. The van der Waals surface area contributed by atoms with Crippen molar-refractivity contribution < 1.29 is 18.0 Å². The molecule has 7 nitrogen and oxygen atoms in total. The van der Waals surface area contributed by atoms with E-state index in [0.717, 1.165) is 33.5 Å². The van der Waals surface area contributed by atoms with E-state index in [-0.39, 0.29) is 23.9 Å². The number of sulfonamides is 1. The number of likely N-dealkylation sites (N-methyl/N-ethyl adjacent to an activating group) is 1. The van der Waals surface area contributed by atoms with Crippen LogP contribution in [0.5, 0.6) is 0 Å². The van der Waals surface area contributed by atoms with Gasteiger partial charge in [0, 0.05) is 20.1 Å². The summed E-state index contributed by atoms with van der Waals surface area (Å²) >= 11 is 0. The van der Waals surface area contributed by atoms with E-state index < -0.39 is 22.0 Å². The van der Waals surface area contributed by atoms with Crippen molar-refractivity contribution >= 4 is 32.6 Å². The molecule has 0 heterocycles. The molecule has 0 radical (unpaired) electrons. The maximum absolute atomic E-state index is 13.5. The molecule has 0 saturated heterocycles. The highest BCUT2D eigenvalue weighted by molar-refractivity contribution is 7.89. The van der Waals surface area contributed by atoms with Crippen LogP contribution < -0.4 is 5.32 Å². The molecule has 0 aliphatic heterocycles. The van der Waals surface area contributed by atoms with Gasteiger partial charge in [0.25, 0.3) is 0 Å². The molecule has 8 heteroatoms. The number of nitrogens with zero attached hydrogens (tertiary/aromatic N) is 2. The van der Waals surface area contributed by atoms with Gasteiger partial charge in [-0.05, 0) is 41.3 Å². The second-order valence-electron chi connectivity index (χ2n) is 8.85. The molecule has 1 N–H and O–H groups in total. The summed E-state index contributed by atoms with van der Waals surface area (Å²) in [4.78, 5) is 28.1. The molecule has 0 aromatic heterocycles.